The fraction of sp³-hybridized carbons (Fsp3) is 0.529. The molecule has 0 saturated heterocycles. The van der Waals surface area contributed by atoms with E-state index in [1.54, 1.807) is 22.8 Å². The number of nitrogens with one attached hydrogen (secondary N) is 1. The van der Waals surface area contributed by atoms with Crippen LogP contribution in [0.3, 0.4) is 0 Å². The van der Waals surface area contributed by atoms with Crippen molar-refractivity contribution in [3.05, 3.63) is 39.4 Å². The molecule has 1 unspecified atom stereocenters. The summed E-state index contributed by atoms with van der Waals surface area (Å²) in [6.45, 7) is 9.92. The molecule has 0 radical (unpaired) electrons. The molecule has 1 N–H and O–H groups in total. The number of fused-ring (bicyclic) bond motifs is 1. The third-order valence-electron chi connectivity index (χ3n) is 3.76. The summed E-state index contributed by atoms with van der Waals surface area (Å²) in [6.07, 6.45) is 0.880. The first kappa shape index (κ1) is 17.0. The van der Waals surface area contributed by atoms with Gasteiger partial charge in [0, 0.05) is 11.6 Å². The summed E-state index contributed by atoms with van der Waals surface area (Å²) in [7, 11) is 0. The first-order valence-electron chi connectivity index (χ1n) is 7.91. The fourth-order valence-electron chi connectivity index (χ4n) is 2.58. The summed E-state index contributed by atoms with van der Waals surface area (Å²) in [6, 6.07) is 5.32. The Balaban J connectivity index is 2.57. The van der Waals surface area contributed by atoms with Crippen LogP contribution >= 0.6 is 11.6 Å². The van der Waals surface area contributed by atoms with E-state index >= 15 is 0 Å². The lowest BCUT2D eigenvalue weighted by molar-refractivity contribution is 0.430. The van der Waals surface area contributed by atoms with Gasteiger partial charge in [0.1, 0.15) is 5.82 Å². The van der Waals surface area contributed by atoms with Gasteiger partial charge >= 0.3 is 0 Å². The molecule has 1 heterocycles. The minimum Gasteiger partial charge on any atom is -0.307 e. The third kappa shape index (κ3) is 3.50. The second kappa shape index (κ2) is 7.25. The predicted octanol–water partition coefficient (Wildman–Crippen LogP) is 3.77. The summed E-state index contributed by atoms with van der Waals surface area (Å²) in [5.41, 5.74) is 0.672. The Morgan fingerprint density at radius 1 is 1.32 bits per heavy atom. The molecule has 5 heteroatoms. The molecular formula is C17H24ClN3O. The smallest absolute Gasteiger partial charge is 0.261 e. The summed E-state index contributed by atoms with van der Waals surface area (Å²) in [4.78, 5) is 17.4. The normalized spacial score (nSPS) is 13.0. The second-order valence-electron chi connectivity index (χ2n) is 5.94. The van der Waals surface area contributed by atoms with Gasteiger partial charge in [-0.2, -0.15) is 0 Å². The highest BCUT2D eigenvalue weighted by molar-refractivity contribution is 6.31. The summed E-state index contributed by atoms with van der Waals surface area (Å²) < 4.78 is 1.76. The van der Waals surface area contributed by atoms with E-state index in [0.29, 0.717) is 28.4 Å². The first-order chi connectivity index (χ1) is 10.5. The molecule has 0 fully saturated rings. The van der Waals surface area contributed by atoms with Crippen molar-refractivity contribution >= 4 is 22.5 Å². The Morgan fingerprint density at radius 3 is 2.64 bits per heavy atom. The van der Waals surface area contributed by atoms with Crippen molar-refractivity contribution in [3.8, 4) is 0 Å². The van der Waals surface area contributed by atoms with Gasteiger partial charge in [-0.25, -0.2) is 4.98 Å². The minimum atomic E-state index is 0.00367. The van der Waals surface area contributed by atoms with Crippen molar-refractivity contribution in [2.45, 2.75) is 46.7 Å². The average Bonchev–Trinajstić information content (AvgIpc) is 2.47. The van der Waals surface area contributed by atoms with E-state index < -0.39 is 0 Å². The Hall–Kier alpha value is -1.39. The summed E-state index contributed by atoms with van der Waals surface area (Å²) in [5.74, 6) is 1.34. The van der Waals surface area contributed by atoms with Crippen molar-refractivity contribution in [2.75, 3.05) is 6.54 Å². The van der Waals surface area contributed by atoms with Crippen LogP contribution in [0.25, 0.3) is 10.9 Å². The summed E-state index contributed by atoms with van der Waals surface area (Å²) >= 11 is 6.05. The maximum Gasteiger partial charge on any atom is 0.261 e. The lowest BCUT2D eigenvalue weighted by atomic mass is 10.1. The second-order valence-corrected chi connectivity index (χ2v) is 6.38. The zero-order chi connectivity index (χ0) is 16.3. The van der Waals surface area contributed by atoms with Gasteiger partial charge in [0.15, 0.2) is 0 Å². The van der Waals surface area contributed by atoms with E-state index in [2.05, 4.69) is 26.1 Å². The van der Waals surface area contributed by atoms with E-state index in [9.17, 15) is 4.79 Å². The number of aromatic nitrogens is 2. The molecule has 1 atom stereocenters. The van der Waals surface area contributed by atoms with E-state index in [4.69, 9.17) is 16.6 Å². The highest BCUT2D eigenvalue weighted by Crippen LogP contribution is 2.19. The number of hydrogen-bond donors (Lipinski definition) is 1. The highest BCUT2D eigenvalue weighted by Gasteiger charge is 2.18. The lowest BCUT2D eigenvalue weighted by Crippen LogP contribution is -2.33. The molecule has 0 amide bonds. The van der Waals surface area contributed by atoms with Gasteiger partial charge in [-0.3, -0.25) is 9.36 Å². The molecule has 0 saturated carbocycles. The number of nitrogens with zero attached hydrogens (tertiary/aromatic N) is 2. The quantitative estimate of drug-likeness (QED) is 0.881. The number of halogens is 1. The molecule has 2 aromatic rings. The topological polar surface area (TPSA) is 46.9 Å². The monoisotopic (exact) mass is 321 g/mol. The molecule has 1 aromatic carbocycles. The van der Waals surface area contributed by atoms with Crippen LogP contribution in [0.2, 0.25) is 5.02 Å². The van der Waals surface area contributed by atoms with Crippen LogP contribution in [-0.2, 0) is 6.54 Å². The minimum absolute atomic E-state index is 0.00367. The molecule has 0 aliphatic carbocycles. The molecule has 0 aliphatic heterocycles. The van der Waals surface area contributed by atoms with Gasteiger partial charge in [-0.15, -0.1) is 0 Å². The average molecular weight is 322 g/mol. The Morgan fingerprint density at radius 2 is 2.05 bits per heavy atom. The molecule has 22 heavy (non-hydrogen) atoms. The van der Waals surface area contributed by atoms with Crippen LogP contribution in [-0.4, -0.2) is 16.1 Å². The Kier molecular flexibility index (Phi) is 5.59. The van der Waals surface area contributed by atoms with E-state index in [0.717, 1.165) is 18.8 Å². The highest BCUT2D eigenvalue weighted by atomic mass is 35.5. The van der Waals surface area contributed by atoms with E-state index in [1.807, 2.05) is 6.92 Å². The largest absolute Gasteiger partial charge is 0.307 e. The van der Waals surface area contributed by atoms with E-state index in [-0.39, 0.29) is 11.6 Å². The van der Waals surface area contributed by atoms with E-state index in [1.165, 1.54) is 0 Å². The van der Waals surface area contributed by atoms with Crippen LogP contribution in [0.4, 0.5) is 0 Å². The summed E-state index contributed by atoms with van der Waals surface area (Å²) in [5, 5.41) is 4.73. The predicted molar refractivity (Wildman–Crippen MR) is 92.6 cm³/mol. The standard InChI is InChI=1S/C17H24ClN3O/c1-5-14(19-10-11(3)4)16-20-15-9-12(18)7-8-13(15)17(22)21(16)6-2/h7-9,11,14,19H,5-6,10H2,1-4H3. The fourth-order valence-corrected chi connectivity index (χ4v) is 2.75. The van der Waals surface area contributed by atoms with Gasteiger partial charge in [-0.1, -0.05) is 32.4 Å². The van der Waals surface area contributed by atoms with Crippen LogP contribution < -0.4 is 10.9 Å². The molecule has 1 aromatic heterocycles. The molecule has 4 nitrogen and oxygen atoms in total. The van der Waals surface area contributed by atoms with Crippen molar-refractivity contribution in [1.29, 1.82) is 0 Å². The molecule has 0 aliphatic rings. The Bertz CT molecular complexity index is 709. The van der Waals surface area contributed by atoms with Crippen molar-refractivity contribution in [2.24, 2.45) is 5.92 Å². The van der Waals surface area contributed by atoms with Crippen LogP contribution in [0.5, 0.6) is 0 Å². The molecule has 0 spiro atoms. The van der Waals surface area contributed by atoms with Crippen LogP contribution in [0.1, 0.15) is 46.0 Å². The maximum atomic E-state index is 12.7. The van der Waals surface area contributed by atoms with Gasteiger partial charge < -0.3 is 5.32 Å². The van der Waals surface area contributed by atoms with Gasteiger partial charge in [-0.05, 0) is 44.0 Å². The molecular weight excluding hydrogens is 298 g/mol. The van der Waals surface area contributed by atoms with Gasteiger partial charge in [0.25, 0.3) is 5.56 Å². The van der Waals surface area contributed by atoms with Crippen molar-refractivity contribution in [1.82, 2.24) is 14.9 Å². The Labute approximate surface area is 136 Å². The zero-order valence-electron chi connectivity index (χ0n) is 13.7. The SMILES string of the molecule is CCC(NCC(C)C)c1nc2cc(Cl)ccc2c(=O)n1CC. The first-order valence-corrected chi connectivity index (χ1v) is 8.29. The van der Waals surface area contributed by atoms with Crippen molar-refractivity contribution in [3.63, 3.8) is 0 Å². The molecule has 120 valence electrons. The zero-order valence-corrected chi connectivity index (χ0v) is 14.4. The number of hydrogen-bond acceptors (Lipinski definition) is 3. The third-order valence-corrected chi connectivity index (χ3v) is 3.99. The van der Waals surface area contributed by atoms with Crippen LogP contribution in [0.15, 0.2) is 23.0 Å². The maximum absolute atomic E-state index is 12.7. The number of rotatable bonds is 6. The van der Waals surface area contributed by atoms with Gasteiger partial charge in [0.05, 0.1) is 16.9 Å². The van der Waals surface area contributed by atoms with Crippen LogP contribution in [0, 0.1) is 5.92 Å². The molecule has 0 bridgehead atoms. The molecule has 2 rings (SSSR count). The van der Waals surface area contributed by atoms with Crippen molar-refractivity contribution < 1.29 is 0 Å². The van der Waals surface area contributed by atoms with Gasteiger partial charge in [0.2, 0.25) is 0 Å². The lowest BCUT2D eigenvalue weighted by Gasteiger charge is -2.22. The number of benzene rings is 1.